The lowest BCUT2D eigenvalue weighted by Crippen LogP contribution is -2.33. The smallest absolute Gasteiger partial charge is 0.251 e. The highest BCUT2D eigenvalue weighted by Crippen LogP contribution is 2.23. The Morgan fingerprint density at radius 3 is 2.71 bits per heavy atom. The highest BCUT2D eigenvalue weighted by atomic mass is 35.5. The molecule has 2 heterocycles. The number of hydrogen-bond donors (Lipinski definition) is 2. The Morgan fingerprint density at radius 2 is 2.00 bits per heavy atom. The van der Waals surface area contributed by atoms with Crippen LogP contribution in [-0.4, -0.2) is 41.3 Å². The van der Waals surface area contributed by atoms with Crippen molar-refractivity contribution in [2.45, 2.75) is 26.3 Å². The Morgan fingerprint density at radius 1 is 1.25 bits per heavy atom. The van der Waals surface area contributed by atoms with Gasteiger partial charge in [-0.05, 0) is 50.0 Å². The number of carbonyl (C=O) groups excluding carboxylic acids is 2. The summed E-state index contributed by atoms with van der Waals surface area (Å²) in [6.45, 7) is 5.10. The van der Waals surface area contributed by atoms with E-state index in [1.165, 1.54) is 30.2 Å². The average Bonchev–Trinajstić information content (AvgIpc) is 3.10. The first-order valence-electron chi connectivity index (χ1n) is 9.10. The molecular formula is C19H22Cl2N4O2S. The van der Waals surface area contributed by atoms with Gasteiger partial charge in [-0.3, -0.25) is 14.5 Å². The summed E-state index contributed by atoms with van der Waals surface area (Å²) >= 11 is 13.1. The standard InChI is InChI=1S/C19H22Cl2N4O2S/c1-12-4-6-25(7-5-12)10-14-11-28-19(23-14)24-17(26)9-22-18(27)13-2-3-15(20)16(21)8-13/h2-3,8,11-12H,4-7,9-10H2,1H3,(H,22,27)(H,23,24,26). The second-order valence-electron chi connectivity index (χ2n) is 6.96. The molecule has 0 saturated carbocycles. The molecule has 1 aliphatic heterocycles. The molecule has 1 fully saturated rings. The number of aromatic nitrogens is 1. The molecule has 1 aromatic heterocycles. The van der Waals surface area contributed by atoms with E-state index in [1.54, 1.807) is 12.1 Å². The maximum Gasteiger partial charge on any atom is 0.251 e. The van der Waals surface area contributed by atoms with Crippen molar-refractivity contribution in [3.8, 4) is 0 Å². The topological polar surface area (TPSA) is 74.3 Å². The van der Waals surface area contributed by atoms with E-state index in [4.69, 9.17) is 23.2 Å². The van der Waals surface area contributed by atoms with Gasteiger partial charge in [0, 0.05) is 17.5 Å². The Hall–Kier alpha value is -1.67. The van der Waals surface area contributed by atoms with Gasteiger partial charge < -0.3 is 10.6 Å². The molecule has 2 amide bonds. The SMILES string of the molecule is CC1CCN(Cc2csc(NC(=O)CNC(=O)c3ccc(Cl)c(Cl)c3)n2)CC1. The van der Waals surface area contributed by atoms with Crippen molar-refractivity contribution < 1.29 is 9.59 Å². The molecule has 9 heteroatoms. The number of nitrogens with zero attached hydrogens (tertiary/aromatic N) is 2. The van der Waals surface area contributed by atoms with Gasteiger partial charge in [-0.15, -0.1) is 11.3 Å². The Kier molecular flexibility index (Phi) is 7.29. The molecule has 28 heavy (non-hydrogen) atoms. The predicted octanol–water partition coefficient (Wildman–Crippen LogP) is 4.05. The third-order valence-electron chi connectivity index (χ3n) is 4.65. The van der Waals surface area contributed by atoms with Crippen LogP contribution in [0, 0.1) is 5.92 Å². The van der Waals surface area contributed by atoms with Crippen LogP contribution in [0.2, 0.25) is 10.0 Å². The normalized spacial score (nSPS) is 15.4. The molecular weight excluding hydrogens is 419 g/mol. The summed E-state index contributed by atoms with van der Waals surface area (Å²) in [4.78, 5) is 31.0. The van der Waals surface area contributed by atoms with Gasteiger partial charge >= 0.3 is 0 Å². The van der Waals surface area contributed by atoms with Crippen molar-refractivity contribution in [2.75, 3.05) is 25.0 Å². The first kappa shape index (κ1) is 21.0. The molecule has 1 saturated heterocycles. The fourth-order valence-corrected chi connectivity index (χ4v) is 3.97. The van der Waals surface area contributed by atoms with E-state index >= 15 is 0 Å². The Bertz CT molecular complexity index is 850. The van der Waals surface area contributed by atoms with Crippen molar-refractivity contribution in [2.24, 2.45) is 5.92 Å². The lowest BCUT2D eigenvalue weighted by Gasteiger charge is -2.29. The van der Waals surface area contributed by atoms with Crippen molar-refractivity contribution >= 4 is 51.5 Å². The van der Waals surface area contributed by atoms with E-state index in [1.807, 2.05) is 5.38 Å². The number of thiazole rings is 1. The minimum absolute atomic E-state index is 0.155. The van der Waals surface area contributed by atoms with Gasteiger partial charge in [0.2, 0.25) is 5.91 Å². The van der Waals surface area contributed by atoms with Crippen LogP contribution >= 0.6 is 34.5 Å². The van der Waals surface area contributed by atoms with Crippen LogP contribution in [0.4, 0.5) is 5.13 Å². The Labute approximate surface area is 178 Å². The fraction of sp³-hybridized carbons (Fsp3) is 0.421. The van der Waals surface area contributed by atoms with Crippen molar-refractivity contribution in [1.82, 2.24) is 15.2 Å². The lowest BCUT2D eigenvalue weighted by molar-refractivity contribution is -0.115. The molecule has 2 aromatic rings. The van der Waals surface area contributed by atoms with E-state index in [9.17, 15) is 9.59 Å². The number of likely N-dealkylation sites (tertiary alicyclic amines) is 1. The van der Waals surface area contributed by atoms with Crippen LogP contribution in [0.15, 0.2) is 23.6 Å². The zero-order chi connectivity index (χ0) is 20.1. The third kappa shape index (κ3) is 5.91. The highest BCUT2D eigenvalue weighted by Gasteiger charge is 2.17. The molecule has 0 unspecified atom stereocenters. The van der Waals surface area contributed by atoms with Crippen LogP contribution in [0.3, 0.4) is 0 Å². The number of nitrogens with one attached hydrogen (secondary N) is 2. The maximum absolute atomic E-state index is 12.1. The quantitative estimate of drug-likeness (QED) is 0.710. The molecule has 6 nitrogen and oxygen atoms in total. The van der Waals surface area contributed by atoms with Crippen molar-refractivity contribution in [3.63, 3.8) is 0 Å². The van der Waals surface area contributed by atoms with Gasteiger partial charge in [0.25, 0.3) is 5.91 Å². The number of hydrogen-bond acceptors (Lipinski definition) is 5. The van der Waals surface area contributed by atoms with Gasteiger partial charge in [0.05, 0.1) is 22.3 Å². The number of anilines is 1. The summed E-state index contributed by atoms with van der Waals surface area (Å²) in [5, 5.41) is 8.44. The fourth-order valence-electron chi connectivity index (χ4n) is 2.95. The molecule has 150 valence electrons. The van der Waals surface area contributed by atoms with E-state index in [-0.39, 0.29) is 17.5 Å². The number of halogens is 2. The van der Waals surface area contributed by atoms with E-state index < -0.39 is 5.91 Å². The van der Waals surface area contributed by atoms with Crippen LogP contribution < -0.4 is 10.6 Å². The van der Waals surface area contributed by atoms with Crippen LogP contribution in [0.25, 0.3) is 0 Å². The molecule has 0 bridgehead atoms. The highest BCUT2D eigenvalue weighted by molar-refractivity contribution is 7.13. The summed E-state index contributed by atoms with van der Waals surface area (Å²) < 4.78 is 0. The summed E-state index contributed by atoms with van der Waals surface area (Å²) in [5.74, 6) is 0.0645. The molecule has 2 N–H and O–H groups in total. The maximum atomic E-state index is 12.1. The second-order valence-corrected chi connectivity index (χ2v) is 8.63. The van der Waals surface area contributed by atoms with Crippen LogP contribution in [0.1, 0.15) is 35.8 Å². The minimum atomic E-state index is -0.395. The van der Waals surface area contributed by atoms with E-state index in [0.717, 1.165) is 31.2 Å². The average molecular weight is 441 g/mol. The summed E-state index contributed by atoms with van der Waals surface area (Å²) in [5.41, 5.74) is 1.30. The number of piperidine rings is 1. The molecule has 1 aromatic carbocycles. The molecule has 1 aliphatic rings. The van der Waals surface area contributed by atoms with Gasteiger partial charge in [-0.2, -0.15) is 0 Å². The molecule has 0 radical (unpaired) electrons. The number of carbonyl (C=O) groups is 2. The first-order valence-corrected chi connectivity index (χ1v) is 10.7. The van der Waals surface area contributed by atoms with Gasteiger partial charge in [-0.25, -0.2) is 4.98 Å². The van der Waals surface area contributed by atoms with E-state index in [0.29, 0.717) is 15.7 Å². The van der Waals surface area contributed by atoms with Gasteiger partial charge in [0.15, 0.2) is 5.13 Å². The lowest BCUT2D eigenvalue weighted by atomic mass is 9.99. The van der Waals surface area contributed by atoms with Gasteiger partial charge in [-0.1, -0.05) is 30.1 Å². The number of rotatable bonds is 6. The molecule has 3 rings (SSSR count). The summed E-state index contributed by atoms with van der Waals surface area (Å²) in [7, 11) is 0. The van der Waals surface area contributed by atoms with E-state index in [2.05, 4.69) is 27.4 Å². The first-order chi connectivity index (χ1) is 13.4. The second kappa shape index (κ2) is 9.69. The van der Waals surface area contributed by atoms with Crippen LogP contribution in [0.5, 0.6) is 0 Å². The molecule has 0 spiro atoms. The van der Waals surface area contributed by atoms with Gasteiger partial charge in [0.1, 0.15) is 0 Å². The Balaban J connectivity index is 1.45. The minimum Gasteiger partial charge on any atom is -0.343 e. The molecule has 0 atom stereocenters. The van der Waals surface area contributed by atoms with Crippen molar-refractivity contribution in [1.29, 1.82) is 0 Å². The zero-order valence-electron chi connectivity index (χ0n) is 15.5. The van der Waals surface area contributed by atoms with Crippen LogP contribution in [-0.2, 0) is 11.3 Å². The summed E-state index contributed by atoms with van der Waals surface area (Å²) in [6, 6.07) is 4.56. The summed E-state index contributed by atoms with van der Waals surface area (Å²) in [6.07, 6.45) is 2.43. The third-order valence-corrected chi connectivity index (χ3v) is 6.20. The largest absolute Gasteiger partial charge is 0.343 e. The predicted molar refractivity (Wildman–Crippen MR) is 113 cm³/mol. The zero-order valence-corrected chi connectivity index (χ0v) is 17.8. The monoisotopic (exact) mass is 440 g/mol. The number of benzene rings is 1. The number of amides is 2. The molecule has 0 aliphatic carbocycles. The van der Waals surface area contributed by atoms with Crippen molar-refractivity contribution in [3.05, 3.63) is 44.9 Å².